The van der Waals surface area contributed by atoms with Crippen molar-refractivity contribution in [1.82, 2.24) is 9.97 Å². The largest absolute Gasteiger partial charge is 0.360 e. The minimum absolute atomic E-state index is 0.602. The predicted octanol–water partition coefficient (Wildman–Crippen LogP) is 3.93. The van der Waals surface area contributed by atoms with Crippen LogP contribution in [0.1, 0.15) is 4.88 Å². The lowest BCUT2D eigenvalue weighted by Gasteiger charge is -1.92. The minimum Gasteiger partial charge on any atom is -0.360 e. The number of para-hydroxylation sites is 1. The van der Waals surface area contributed by atoms with E-state index in [9.17, 15) is 0 Å². The van der Waals surface area contributed by atoms with E-state index in [1.54, 1.807) is 0 Å². The number of nitrogens with zero attached hydrogens (tertiary/aromatic N) is 2. The van der Waals surface area contributed by atoms with Crippen LogP contribution in [0.15, 0.2) is 35.1 Å². The van der Waals surface area contributed by atoms with E-state index in [-0.39, 0.29) is 0 Å². The fraction of sp³-hybridized carbons (Fsp3) is 0. The molecular weight excluding hydrogens is 298 g/mol. The molecule has 0 saturated carbocycles. The van der Waals surface area contributed by atoms with Crippen LogP contribution in [0.5, 0.6) is 0 Å². The summed E-state index contributed by atoms with van der Waals surface area (Å²) < 4.78 is 0.616. The molecule has 1 N–H and O–H groups in total. The number of hydrogen-bond acceptors (Lipinski definition) is 3. The molecular formula is C12H6BrN3S. The molecule has 0 saturated heterocycles. The Morgan fingerprint density at radius 2 is 2.18 bits per heavy atom. The van der Waals surface area contributed by atoms with Crippen LogP contribution in [0.25, 0.3) is 21.5 Å². The van der Waals surface area contributed by atoms with Crippen molar-refractivity contribution < 1.29 is 0 Å². The summed E-state index contributed by atoms with van der Waals surface area (Å²) in [5.74, 6) is 0. The summed E-state index contributed by atoms with van der Waals surface area (Å²) in [4.78, 5) is 8.17. The molecule has 2 aromatic heterocycles. The molecule has 17 heavy (non-hydrogen) atoms. The number of rotatable bonds is 1. The molecule has 0 aliphatic carbocycles. The molecule has 0 unspecified atom stereocenters. The number of nitriles is 1. The zero-order chi connectivity index (χ0) is 11.8. The Hall–Kier alpha value is -1.64. The van der Waals surface area contributed by atoms with Gasteiger partial charge in [-0.05, 0) is 22.0 Å². The molecule has 1 aromatic carbocycles. The predicted molar refractivity (Wildman–Crippen MR) is 71.8 cm³/mol. The number of hydrogen-bond donors (Lipinski definition) is 1. The Kier molecular flexibility index (Phi) is 2.46. The summed E-state index contributed by atoms with van der Waals surface area (Å²) in [5, 5.41) is 10.9. The van der Waals surface area contributed by atoms with Gasteiger partial charge >= 0.3 is 0 Å². The normalized spacial score (nSPS) is 10.6. The van der Waals surface area contributed by atoms with Crippen molar-refractivity contribution in [2.24, 2.45) is 0 Å². The number of aromatic nitrogens is 2. The molecule has 82 valence electrons. The van der Waals surface area contributed by atoms with Gasteiger partial charge in [-0.1, -0.05) is 18.2 Å². The molecule has 0 aliphatic rings. The number of nitrogens with one attached hydrogen (secondary N) is 1. The highest BCUT2D eigenvalue weighted by molar-refractivity contribution is 9.10. The van der Waals surface area contributed by atoms with E-state index in [0.717, 1.165) is 21.5 Å². The Bertz CT molecular complexity index is 736. The van der Waals surface area contributed by atoms with Gasteiger partial charge in [-0.2, -0.15) is 5.26 Å². The maximum atomic E-state index is 8.93. The summed E-state index contributed by atoms with van der Waals surface area (Å²) >= 11 is 4.69. The monoisotopic (exact) mass is 303 g/mol. The highest BCUT2D eigenvalue weighted by Gasteiger charge is 2.13. The first-order valence-corrected chi connectivity index (χ1v) is 6.53. The van der Waals surface area contributed by atoms with Crippen molar-refractivity contribution in [1.29, 1.82) is 5.26 Å². The molecule has 3 aromatic rings. The molecule has 0 radical (unpaired) electrons. The third kappa shape index (κ3) is 1.66. The minimum atomic E-state index is 0.602. The summed E-state index contributed by atoms with van der Waals surface area (Å²) in [6, 6.07) is 10.2. The van der Waals surface area contributed by atoms with Crippen LogP contribution in [0.4, 0.5) is 0 Å². The van der Waals surface area contributed by atoms with Crippen molar-refractivity contribution in [2.45, 2.75) is 0 Å². The second-order valence-corrected chi connectivity index (χ2v) is 5.25. The Morgan fingerprint density at radius 3 is 2.94 bits per heavy atom. The number of H-pyrrole nitrogens is 1. The van der Waals surface area contributed by atoms with Gasteiger partial charge in [0.2, 0.25) is 0 Å². The number of aromatic amines is 1. The topological polar surface area (TPSA) is 52.5 Å². The number of halogens is 1. The third-order valence-corrected chi connectivity index (χ3v) is 4.34. The summed E-state index contributed by atoms with van der Waals surface area (Å²) in [7, 11) is 0. The van der Waals surface area contributed by atoms with E-state index >= 15 is 0 Å². The Morgan fingerprint density at radius 1 is 1.35 bits per heavy atom. The first kappa shape index (κ1) is 10.5. The smallest absolute Gasteiger partial charge is 0.139 e. The maximum absolute atomic E-state index is 8.93. The van der Waals surface area contributed by atoms with E-state index in [2.05, 4.69) is 32.0 Å². The number of thiazole rings is 1. The highest BCUT2D eigenvalue weighted by Crippen LogP contribution is 2.34. The highest BCUT2D eigenvalue weighted by atomic mass is 79.9. The van der Waals surface area contributed by atoms with Crippen LogP contribution in [-0.2, 0) is 0 Å². The molecule has 2 heterocycles. The second-order valence-electron chi connectivity index (χ2n) is 3.50. The Labute approximate surface area is 110 Å². The van der Waals surface area contributed by atoms with Gasteiger partial charge in [-0.25, -0.2) is 4.98 Å². The zero-order valence-corrected chi connectivity index (χ0v) is 11.0. The number of benzene rings is 1. The van der Waals surface area contributed by atoms with Gasteiger partial charge in [0.25, 0.3) is 0 Å². The maximum Gasteiger partial charge on any atom is 0.139 e. The van der Waals surface area contributed by atoms with Crippen LogP contribution in [0.2, 0.25) is 0 Å². The molecule has 0 spiro atoms. The SMILES string of the molecule is N#Cc1sc(-c2c[nH]c3ccccc23)nc1Br. The van der Waals surface area contributed by atoms with Gasteiger partial charge in [0.1, 0.15) is 20.6 Å². The number of fused-ring (bicyclic) bond motifs is 1. The van der Waals surface area contributed by atoms with Crippen LogP contribution < -0.4 is 0 Å². The molecule has 0 aliphatic heterocycles. The van der Waals surface area contributed by atoms with Gasteiger partial charge in [0.15, 0.2) is 0 Å². The first-order valence-electron chi connectivity index (χ1n) is 4.92. The van der Waals surface area contributed by atoms with Gasteiger partial charge in [-0.15, -0.1) is 11.3 Å². The molecule has 0 atom stereocenters. The van der Waals surface area contributed by atoms with Gasteiger partial charge in [0.05, 0.1) is 0 Å². The first-order chi connectivity index (χ1) is 8.29. The standard InChI is InChI=1S/C12H6BrN3S/c13-11-10(5-14)17-12(16-11)8-6-15-9-4-2-1-3-7(8)9/h1-4,6,15H. The fourth-order valence-electron chi connectivity index (χ4n) is 1.73. The van der Waals surface area contributed by atoms with Crippen LogP contribution in [-0.4, -0.2) is 9.97 Å². The van der Waals surface area contributed by atoms with Crippen LogP contribution in [0.3, 0.4) is 0 Å². The average molecular weight is 304 g/mol. The van der Waals surface area contributed by atoms with E-state index in [1.807, 2.05) is 30.5 Å². The molecule has 3 nitrogen and oxygen atoms in total. The van der Waals surface area contributed by atoms with Gasteiger partial charge in [-0.3, -0.25) is 0 Å². The molecule has 0 fully saturated rings. The van der Waals surface area contributed by atoms with Crippen molar-refractivity contribution in [3.63, 3.8) is 0 Å². The fourth-order valence-corrected chi connectivity index (χ4v) is 3.14. The van der Waals surface area contributed by atoms with Crippen molar-refractivity contribution in [3.05, 3.63) is 39.9 Å². The third-order valence-electron chi connectivity index (χ3n) is 2.51. The molecule has 3 rings (SSSR count). The lowest BCUT2D eigenvalue weighted by atomic mass is 10.2. The quantitative estimate of drug-likeness (QED) is 0.740. The van der Waals surface area contributed by atoms with E-state index < -0.39 is 0 Å². The average Bonchev–Trinajstić information content (AvgIpc) is 2.92. The lowest BCUT2D eigenvalue weighted by Crippen LogP contribution is -1.72. The van der Waals surface area contributed by atoms with E-state index in [0.29, 0.717) is 9.48 Å². The van der Waals surface area contributed by atoms with Crippen molar-refractivity contribution >= 4 is 38.2 Å². The molecule has 0 bridgehead atoms. The summed E-state index contributed by atoms with van der Waals surface area (Å²) in [6.07, 6.45) is 1.93. The lowest BCUT2D eigenvalue weighted by molar-refractivity contribution is 1.34. The van der Waals surface area contributed by atoms with Gasteiger partial charge in [0, 0.05) is 22.7 Å². The van der Waals surface area contributed by atoms with Crippen LogP contribution in [0, 0.1) is 11.3 Å². The van der Waals surface area contributed by atoms with E-state index in [4.69, 9.17) is 5.26 Å². The van der Waals surface area contributed by atoms with E-state index in [1.165, 1.54) is 11.3 Å². The molecule has 0 amide bonds. The zero-order valence-electron chi connectivity index (χ0n) is 8.57. The van der Waals surface area contributed by atoms with Crippen molar-refractivity contribution in [2.75, 3.05) is 0 Å². The summed E-state index contributed by atoms with van der Waals surface area (Å²) in [6.45, 7) is 0. The molecule has 5 heteroatoms. The second kappa shape index (κ2) is 3.99. The Balaban J connectivity index is 2.24. The van der Waals surface area contributed by atoms with Crippen LogP contribution >= 0.6 is 27.3 Å². The van der Waals surface area contributed by atoms with Crippen molar-refractivity contribution in [3.8, 4) is 16.6 Å². The van der Waals surface area contributed by atoms with Gasteiger partial charge < -0.3 is 4.98 Å². The summed E-state index contributed by atoms with van der Waals surface area (Å²) in [5.41, 5.74) is 2.11.